The molecule has 2 aliphatic rings. The number of anilines is 2. The fourth-order valence-electron chi connectivity index (χ4n) is 4.46. The Kier molecular flexibility index (Phi) is 8.12. The molecule has 0 bridgehead atoms. The fraction of sp³-hybridized carbons (Fsp3) is 0.542. The van der Waals surface area contributed by atoms with Crippen LogP contribution in [0.3, 0.4) is 0 Å². The molecular weight excluding hydrogens is 441 g/mol. The van der Waals surface area contributed by atoms with Crippen molar-refractivity contribution in [2.75, 3.05) is 45.8 Å². The number of morpholine rings is 1. The van der Waals surface area contributed by atoms with Gasteiger partial charge in [-0.05, 0) is 44.7 Å². The minimum absolute atomic E-state index is 0.280. The summed E-state index contributed by atoms with van der Waals surface area (Å²) in [4.78, 5) is 21.3. The van der Waals surface area contributed by atoms with Crippen molar-refractivity contribution >= 4 is 18.0 Å². The molecule has 0 radical (unpaired) electrons. The Balaban J connectivity index is 1.42. The summed E-state index contributed by atoms with van der Waals surface area (Å²) in [6.45, 7) is 1.74. The van der Waals surface area contributed by atoms with Crippen LogP contribution >= 0.6 is 0 Å². The second-order valence-corrected chi connectivity index (χ2v) is 8.69. The quantitative estimate of drug-likeness (QED) is 0.537. The number of nitrogens with one attached hydrogen (secondary N) is 2. The number of aromatic nitrogens is 2. The van der Waals surface area contributed by atoms with Crippen molar-refractivity contribution in [2.24, 2.45) is 5.92 Å². The summed E-state index contributed by atoms with van der Waals surface area (Å²) in [6.07, 6.45) is 6.35. The van der Waals surface area contributed by atoms with Gasteiger partial charge in [-0.3, -0.25) is 4.79 Å². The predicted octanol–water partition coefficient (Wildman–Crippen LogP) is 3.05. The lowest BCUT2D eigenvalue weighted by atomic mass is 9.87. The number of benzene rings is 1. The molecule has 1 saturated heterocycles. The van der Waals surface area contributed by atoms with Crippen molar-refractivity contribution < 1.29 is 23.4 Å². The van der Waals surface area contributed by atoms with Crippen LogP contribution in [0, 0.1) is 11.7 Å². The number of carbonyl (C=O) groups excluding carboxylic acids is 1. The number of halogens is 1. The van der Waals surface area contributed by atoms with Gasteiger partial charge in [0.1, 0.15) is 17.7 Å². The topological polar surface area (TPSA) is 97.8 Å². The molecule has 34 heavy (non-hydrogen) atoms. The average molecular weight is 474 g/mol. The van der Waals surface area contributed by atoms with Crippen molar-refractivity contribution in [3.05, 3.63) is 35.8 Å². The number of hydrogen-bond acceptors (Lipinski definition) is 8. The first-order valence-corrected chi connectivity index (χ1v) is 11.7. The molecule has 1 saturated carbocycles. The molecule has 0 spiro atoms. The van der Waals surface area contributed by atoms with Crippen molar-refractivity contribution in [1.29, 1.82) is 0 Å². The summed E-state index contributed by atoms with van der Waals surface area (Å²) in [5.41, 5.74) is 0.717. The molecule has 2 fully saturated rings. The Bertz CT molecular complexity index is 970. The normalized spacial score (nSPS) is 22.8. The van der Waals surface area contributed by atoms with Crippen LogP contribution in [0.5, 0.6) is 11.6 Å². The summed E-state index contributed by atoms with van der Waals surface area (Å²) >= 11 is 0. The Labute approximate surface area is 199 Å². The molecule has 10 heteroatoms. The first-order chi connectivity index (χ1) is 16.6. The van der Waals surface area contributed by atoms with Crippen LogP contribution in [0.15, 0.2) is 24.4 Å². The summed E-state index contributed by atoms with van der Waals surface area (Å²) in [6, 6.07) is 5.22. The number of hydrogen-bond donors (Lipinski definition) is 2. The van der Waals surface area contributed by atoms with Gasteiger partial charge in [0.2, 0.25) is 18.2 Å². The van der Waals surface area contributed by atoms with Gasteiger partial charge in [0.25, 0.3) is 0 Å². The molecule has 2 heterocycles. The highest BCUT2D eigenvalue weighted by molar-refractivity contribution is 5.64. The zero-order chi connectivity index (χ0) is 23.9. The van der Waals surface area contributed by atoms with Crippen LogP contribution < -0.4 is 20.1 Å². The Morgan fingerprint density at radius 3 is 2.85 bits per heavy atom. The second kappa shape index (κ2) is 11.4. The van der Waals surface area contributed by atoms with E-state index in [-0.39, 0.29) is 12.5 Å². The minimum atomic E-state index is -0.557. The van der Waals surface area contributed by atoms with E-state index in [1.54, 1.807) is 23.2 Å². The Morgan fingerprint density at radius 2 is 2.12 bits per heavy atom. The zero-order valence-electron chi connectivity index (χ0n) is 19.6. The van der Waals surface area contributed by atoms with Gasteiger partial charge < -0.3 is 29.7 Å². The van der Waals surface area contributed by atoms with Gasteiger partial charge in [0, 0.05) is 36.5 Å². The number of carbonyl (C=O) groups is 1. The zero-order valence-corrected chi connectivity index (χ0v) is 19.6. The molecule has 1 aromatic carbocycles. The lowest BCUT2D eigenvalue weighted by Gasteiger charge is -2.31. The molecule has 1 amide bonds. The maximum Gasteiger partial charge on any atom is 0.230 e. The summed E-state index contributed by atoms with van der Waals surface area (Å²) in [5.74, 6) is 1.21. The van der Waals surface area contributed by atoms with Crippen molar-refractivity contribution in [1.82, 2.24) is 20.2 Å². The van der Waals surface area contributed by atoms with E-state index in [1.807, 2.05) is 7.05 Å². The largest absolute Gasteiger partial charge is 0.495 e. The highest BCUT2D eigenvalue weighted by Gasteiger charge is 2.26. The molecule has 1 aromatic heterocycles. The van der Waals surface area contributed by atoms with Crippen LogP contribution in [-0.4, -0.2) is 67.8 Å². The van der Waals surface area contributed by atoms with Crippen molar-refractivity contribution in [3.8, 4) is 11.6 Å². The maximum absolute atomic E-state index is 15.0. The van der Waals surface area contributed by atoms with Gasteiger partial charge >= 0.3 is 0 Å². The first kappa shape index (κ1) is 24.2. The van der Waals surface area contributed by atoms with Crippen LogP contribution in [0.4, 0.5) is 16.0 Å². The third-order valence-corrected chi connectivity index (χ3v) is 6.51. The maximum atomic E-state index is 15.0. The number of ether oxygens (including phenoxy) is 3. The van der Waals surface area contributed by atoms with E-state index in [9.17, 15) is 9.18 Å². The van der Waals surface area contributed by atoms with Crippen molar-refractivity contribution in [2.45, 2.75) is 37.8 Å². The highest BCUT2D eigenvalue weighted by Crippen LogP contribution is 2.34. The van der Waals surface area contributed by atoms with Crippen LogP contribution in [-0.2, 0) is 9.53 Å². The molecule has 2 aromatic rings. The minimum Gasteiger partial charge on any atom is -0.495 e. The lowest BCUT2D eigenvalue weighted by Crippen LogP contribution is -2.37. The molecule has 184 valence electrons. The van der Waals surface area contributed by atoms with Gasteiger partial charge in [-0.1, -0.05) is 0 Å². The Morgan fingerprint density at radius 1 is 1.29 bits per heavy atom. The monoisotopic (exact) mass is 473 g/mol. The third-order valence-electron chi connectivity index (χ3n) is 6.51. The molecule has 1 atom stereocenters. The van der Waals surface area contributed by atoms with Gasteiger partial charge in [-0.2, -0.15) is 4.98 Å². The van der Waals surface area contributed by atoms with E-state index < -0.39 is 11.9 Å². The fourth-order valence-corrected chi connectivity index (χ4v) is 4.46. The average Bonchev–Trinajstić information content (AvgIpc) is 2.88. The van der Waals surface area contributed by atoms with Gasteiger partial charge in [0.15, 0.2) is 0 Å². The van der Waals surface area contributed by atoms with Crippen LogP contribution in [0.25, 0.3) is 0 Å². The number of amides is 1. The van der Waals surface area contributed by atoms with Crippen LogP contribution in [0.1, 0.15) is 37.4 Å². The molecule has 1 unspecified atom stereocenters. The lowest BCUT2D eigenvalue weighted by molar-refractivity contribution is -0.125. The van der Waals surface area contributed by atoms with Crippen LogP contribution in [0.2, 0.25) is 0 Å². The van der Waals surface area contributed by atoms with E-state index in [0.29, 0.717) is 54.6 Å². The molecule has 1 aliphatic heterocycles. The summed E-state index contributed by atoms with van der Waals surface area (Å²) in [7, 11) is 3.51. The molecule has 9 nitrogen and oxygen atoms in total. The van der Waals surface area contributed by atoms with Gasteiger partial charge in [-0.25, -0.2) is 9.37 Å². The standard InChI is InChI=1S/C24H32FN5O4/c1-26-17-5-3-16(4-6-17)14-34-23-7-8-27-24(29-23)28-20-12-19(25)18(11-21(20)32-2)22-13-30(15-31)9-10-33-22/h7-8,11-12,15-17,22,26H,3-6,9-10,13-14H2,1-2H3,(H,27,28,29). The SMILES string of the molecule is CNC1CCC(COc2ccnc(Nc3cc(F)c(C4CN(C=O)CCO4)cc3OC)n2)CC1. The summed E-state index contributed by atoms with van der Waals surface area (Å²) in [5, 5.41) is 6.36. The van der Waals surface area contributed by atoms with Gasteiger partial charge in [0.05, 0.1) is 32.6 Å². The smallest absolute Gasteiger partial charge is 0.230 e. The van der Waals surface area contributed by atoms with E-state index in [1.165, 1.54) is 13.2 Å². The second-order valence-electron chi connectivity index (χ2n) is 8.69. The Hall–Kier alpha value is -2.98. The van der Waals surface area contributed by atoms with E-state index in [2.05, 4.69) is 20.6 Å². The van der Waals surface area contributed by atoms with E-state index >= 15 is 0 Å². The number of nitrogens with zero attached hydrogens (tertiary/aromatic N) is 3. The molecule has 4 rings (SSSR count). The molecular formula is C24H32FN5O4. The van der Waals surface area contributed by atoms with E-state index in [0.717, 1.165) is 32.1 Å². The van der Waals surface area contributed by atoms with Crippen molar-refractivity contribution in [3.63, 3.8) is 0 Å². The first-order valence-electron chi connectivity index (χ1n) is 11.7. The predicted molar refractivity (Wildman–Crippen MR) is 125 cm³/mol. The number of methoxy groups -OCH3 is 1. The molecule has 2 N–H and O–H groups in total. The summed E-state index contributed by atoms with van der Waals surface area (Å²) < 4.78 is 32.1. The molecule has 1 aliphatic carbocycles. The third kappa shape index (κ3) is 5.92. The van der Waals surface area contributed by atoms with Gasteiger partial charge in [-0.15, -0.1) is 0 Å². The van der Waals surface area contributed by atoms with E-state index in [4.69, 9.17) is 14.2 Å². The number of rotatable bonds is 9. The highest BCUT2D eigenvalue weighted by atomic mass is 19.1.